The van der Waals surface area contributed by atoms with E-state index in [1.165, 1.54) is 12.4 Å². The first-order valence-electron chi connectivity index (χ1n) is 2.39. The van der Waals surface area contributed by atoms with Crippen LogP contribution in [0.3, 0.4) is 0 Å². The van der Waals surface area contributed by atoms with Gasteiger partial charge in [0.05, 0.1) is 0 Å². The summed E-state index contributed by atoms with van der Waals surface area (Å²) in [5.41, 5.74) is 0. The van der Waals surface area contributed by atoms with Gasteiger partial charge < -0.3 is 4.98 Å². The molecule has 6 heteroatoms. The van der Waals surface area contributed by atoms with E-state index in [0.29, 0.717) is 5.75 Å². The quantitative estimate of drug-likeness (QED) is 0.589. The zero-order chi connectivity index (χ0) is 7.61. The molecule has 0 spiro atoms. The molecule has 0 aliphatic carbocycles. The summed E-state index contributed by atoms with van der Waals surface area (Å²) in [6, 6.07) is 0. The Balaban J connectivity index is 2.75. The van der Waals surface area contributed by atoms with Crippen molar-refractivity contribution >= 4 is 10.1 Å². The number of hydrogen-bond acceptors (Lipinski definition) is 3. The Morgan fingerprint density at radius 2 is 2.40 bits per heavy atom. The molecule has 0 aromatic carbocycles. The second kappa shape index (κ2) is 2.39. The first-order valence-corrected chi connectivity index (χ1v) is 3.90. The van der Waals surface area contributed by atoms with Crippen LogP contribution in [0.2, 0.25) is 0 Å². The molecule has 1 aromatic heterocycles. The Morgan fingerprint density at radius 3 is 2.80 bits per heavy atom. The summed E-state index contributed by atoms with van der Waals surface area (Å²) in [5, 5.41) is 0. The van der Waals surface area contributed by atoms with Crippen LogP contribution in [0.15, 0.2) is 12.4 Å². The van der Waals surface area contributed by atoms with E-state index in [-0.39, 0.29) is 5.82 Å². The van der Waals surface area contributed by atoms with Crippen LogP contribution in [-0.2, 0) is 10.1 Å². The molecule has 1 aromatic rings. The van der Waals surface area contributed by atoms with Gasteiger partial charge in [0.25, 0.3) is 10.1 Å². The summed E-state index contributed by atoms with van der Waals surface area (Å²) in [5.74, 6) is 0.745. The summed E-state index contributed by atoms with van der Waals surface area (Å²) in [6.45, 7) is 0. The minimum atomic E-state index is -4.07. The number of aromatic nitrogens is 2. The summed E-state index contributed by atoms with van der Waals surface area (Å²) < 4.78 is 28.5. The SMILES string of the molecule is O=S(=O)(O)[CH]c1ncc[nH]1. The van der Waals surface area contributed by atoms with Crippen LogP contribution in [0.4, 0.5) is 0 Å². The van der Waals surface area contributed by atoms with Gasteiger partial charge in [-0.1, -0.05) is 0 Å². The Hall–Kier alpha value is -0.880. The molecule has 0 unspecified atom stereocenters. The van der Waals surface area contributed by atoms with Crippen molar-refractivity contribution < 1.29 is 13.0 Å². The van der Waals surface area contributed by atoms with Gasteiger partial charge in [-0.15, -0.1) is 0 Å². The van der Waals surface area contributed by atoms with Crippen molar-refractivity contribution in [3.63, 3.8) is 0 Å². The molecule has 10 heavy (non-hydrogen) atoms. The van der Waals surface area contributed by atoms with E-state index in [4.69, 9.17) is 4.55 Å². The van der Waals surface area contributed by atoms with E-state index < -0.39 is 10.1 Å². The summed E-state index contributed by atoms with van der Waals surface area (Å²) in [4.78, 5) is 6.04. The molecule has 0 atom stereocenters. The van der Waals surface area contributed by atoms with Gasteiger partial charge in [0.2, 0.25) is 0 Å². The number of H-pyrrole nitrogens is 1. The van der Waals surface area contributed by atoms with Crippen molar-refractivity contribution in [3.8, 4) is 0 Å². The smallest absolute Gasteiger partial charge is 0.277 e. The van der Waals surface area contributed by atoms with Crippen LogP contribution in [0, 0.1) is 5.75 Å². The third-order valence-electron chi connectivity index (χ3n) is 0.780. The highest BCUT2D eigenvalue weighted by atomic mass is 32.2. The van der Waals surface area contributed by atoms with Crippen LogP contribution in [0.25, 0.3) is 0 Å². The van der Waals surface area contributed by atoms with E-state index in [1.807, 2.05) is 0 Å². The van der Waals surface area contributed by atoms with Gasteiger partial charge in [-0.05, 0) is 0 Å². The zero-order valence-electron chi connectivity index (χ0n) is 4.85. The van der Waals surface area contributed by atoms with Gasteiger partial charge >= 0.3 is 0 Å². The van der Waals surface area contributed by atoms with E-state index in [9.17, 15) is 8.42 Å². The summed E-state index contributed by atoms with van der Waals surface area (Å²) >= 11 is 0. The lowest BCUT2D eigenvalue weighted by atomic mass is 10.7. The van der Waals surface area contributed by atoms with E-state index in [0.717, 1.165) is 0 Å². The number of nitrogens with zero attached hydrogens (tertiary/aromatic N) is 1. The van der Waals surface area contributed by atoms with Gasteiger partial charge in [0.1, 0.15) is 5.82 Å². The number of nitrogens with one attached hydrogen (secondary N) is 1. The highest BCUT2D eigenvalue weighted by Crippen LogP contribution is 1.98. The predicted octanol–water partition coefficient (Wildman–Crippen LogP) is -0.193. The monoisotopic (exact) mass is 161 g/mol. The van der Waals surface area contributed by atoms with Crippen molar-refractivity contribution in [2.45, 2.75) is 0 Å². The van der Waals surface area contributed by atoms with Gasteiger partial charge in [-0.25, -0.2) is 4.98 Å². The third kappa shape index (κ3) is 2.16. The van der Waals surface area contributed by atoms with Crippen LogP contribution in [0.1, 0.15) is 5.82 Å². The summed E-state index contributed by atoms with van der Waals surface area (Å²) in [6.07, 6.45) is 2.84. The molecule has 2 N–H and O–H groups in total. The fourth-order valence-electron chi connectivity index (χ4n) is 0.483. The first kappa shape index (κ1) is 7.23. The fraction of sp³-hybridized carbons (Fsp3) is 0. The number of aromatic amines is 1. The largest absolute Gasteiger partial charge is 0.347 e. The minimum Gasteiger partial charge on any atom is -0.347 e. The van der Waals surface area contributed by atoms with Gasteiger partial charge in [0, 0.05) is 12.4 Å². The summed E-state index contributed by atoms with van der Waals surface area (Å²) in [7, 11) is -4.07. The lowest BCUT2D eigenvalue weighted by molar-refractivity contribution is 0.490. The first-order chi connectivity index (χ1) is 4.58. The van der Waals surface area contributed by atoms with Gasteiger partial charge in [-0.3, -0.25) is 4.55 Å². The molecular formula is C4H5N2O3S. The molecule has 0 saturated carbocycles. The second-order valence-electron chi connectivity index (χ2n) is 1.61. The standard InChI is InChI=1S/C4H5N2O3S/c7-10(8,9)3-4-5-1-2-6-4/h1-3H,(H,5,6)(H,7,8,9). The Morgan fingerprint density at radius 1 is 1.70 bits per heavy atom. The number of hydrogen-bond donors (Lipinski definition) is 2. The van der Waals surface area contributed by atoms with E-state index in [2.05, 4.69) is 9.97 Å². The Kier molecular flexibility index (Phi) is 1.73. The molecule has 1 radical (unpaired) electrons. The topological polar surface area (TPSA) is 83.1 Å². The van der Waals surface area contributed by atoms with Gasteiger partial charge in [-0.2, -0.15) is 8.42 Å². The molecular weight excluding hydrogens is 156 g/mol. The van der Waals surface area contributed by atoms with Crippen molar-refractivity contribution in [2.24, 2.45) is 0 Å². The molecule has 0 bridgehead atoms. The van der Waals surface area contributed by atoms with E-state index in [1.54, 1.807) is 0 Å². The van der Waals surface area contributed by atoms with Gasteiger partial charge in [0.15, 0.2) is 5.75 Å². The zero-order valence-corrected chi connectivity index (χ0v) is 5.67. The highest BCUT2D eigenvalue weighted by molar-refractivity contribution is 7.88. The Bertz CT molecular complexity index is 288. The third-order valence-corrected chi connectivity index (χ3v) is 1.30. The maximum atomic E-state index is 10.1. The molecule has 0 aliphatic heterocycles. The number of rotatable bonds is 2. The van der Waals surface area contributed by atoms with Crippen molar-refractivity contribution in [2.75, 3.05) is 0 Å². The minimum absolute atomic E-state index is 0.113. The molecule has 55 valence electrons. The second-order valence-corrected chi connectivity index (χ2v) is 2.87. The predicted molar refractivity (Wildman–Crippen MR) is 33.5 cm³/mol. The lowest BCUT2D eigenvalue weighted by Gasteiger charge is -1.88. The maximum absolute atomic E-state index is 10.1. The average Bonchev–Trinajstić information content (AvgIpc) is 2.12. The van der Waals surface area contributed by atoms with Crippen LogP contribution in [-0.4, -0.2) is 22.9 Å². The van der Waals surface area contributed by atoms with Crippen LogP contribution < -0.4 is 0 Å². The number of imidazole rings is 1. The van der Waals surface area contributed by atoms with Crippen molar-refractivity contribution in [1.82, 2.24) is 9.97 Å². The molecule has 1 heterocycles. The molecule has 5 nitrogen and oxygen atoms in total. The fourth-order valence-corrected chi connectivity index (χ4v) is 0.894. The molecule has 0 saturated heterocycles. The van der Waals surface area contributed by atoms with Crippen molar-refractivity contribution in [1.29, 1.82) is 0 Å². The van der Waals surface area contributed by atoms with Crippen LogP contribution in [0.5, 0.6) is 0 Å². The average molecular weight is 161 g/mol. The van der Waals surface area contributed by atoms with Crippen LogP contribution >= 0.6 is 0 Å². The molecule has 0 aliphatic rings. The highest BCUT2D eigenvalue weighted by Gasteiger charge is 2.08. The van der Waals surface area contributed by atoms with Crippen molar-refractivity contribution in [3.05, 3.63) is 24.0 Å². The lowest BCUT2D eigenvalue weighted by Crippen LogP contribution is -1.99. The molecule has 1 rings (SSSR count). The molecule has 0 amide bonds. The maximum Gasteiger partial charge on any atom is 0.277 e. The van der Waals surface area contributed by atoms with E-state index >= 15 is 0 Å². The Labute approximate surface area is 57.9 Å². The normalized spacial score (nSPS) is 11.7. The molecule has 0 fully saturated rings.